The number of carboxylic acid groups (broad SMARTS) is 1. The van der Waals surface area contributed by atoms with E-state index in [9.17, 15) is 18.0 Å². The number of carbonyl (C=O) groups excluding carboxylic acids is 1. The molecule has 2 saturated heterocycles. The molecule has 2 aromatic carbocycles. The fourth-order valence-electron chi connectivity index (χ4n) is 5.19. The number of aliphatic carboxylic acids is 1. The lowest BCUT2D eigenvalue weighted by atomic mass is 9.89. The number of pyridine rings is 1. The van der Waals surface area contributed by atoms with Crippen molar-refractivity contribution in [2.24, 2.45) is 0 Å². The standard InChI is InChI=1S/C27H29N3O2.C2HF3O2/c31-26-18-32-27(19-30(26)24-9-10-24)11-14-29(15-12-27)17-20-3-5-21(6-4-20)23-8-7-22-2-1-13-28-25(22)16-23;3-2(4,5)1(6)7/h1-8,13,16,24H,9-12,14-15,17-19H2;(H,6,7). The topological polar surface area (TPSA) is 83.0 Å². The number of halogens is 3. The van der Waals surface area contributed by atoms with E-state index in [4.69, 9.17) is 14.6 Å². The van der Waals surface area contributed by atoms with E-state index in [2.05, 4.69) is 63.3 Å². The molecular formula is C29H30F3N3O4. The second kappa shape index (κ2) is 10.9. The van der Waals surface area contributed by atoms with Crippen LogP contribution in [0.2, 0.25) is 0 Å². The molecule has 0 atom stereocenters. The van der Waals surface area contributed by atoms with E-state index in [0.717, 1.165) is 44.5 Å². The van der Waals surface area contributed by atoms with Gasteiger partial charge in [0.05, 0.1) is 17.7 Å². The van der Waals surface area contributed by atoms with Gasteiger partial charge >= 0.3 is 12.1 Å². The van der Waals surface area contributed by atoms with Gasteiger partial charge in [-0.2, -0.15) is 13.2 Å². The number of carbonyl (C=O) groups is 2. The second-order valence-electron chi connectivity index (χ2n) is 10.4. The number of fused-ring (bicyclic) bond motifs is 1. The Morgan fingerprint density at radius 3 is 2.36 bits per heavy atom. The van der Waals surface area contributed by atoms with Crippen LogP contribution in [0.5, 0.6) is 0 Å². The lowest BCUT2D eigenvalue weighted by molar-refractivity contribution is -0.192. The Labute approximate surface area is 224 Å². The number of amides is 1. The Bertz CT molecular complexity index is 1330. The number of morpholine rings is 1. The van der Waals surface area contributed by atoms with Crippen LogP contribution in [0.4, 0.5) is 13.2 Å². The minimum Gasteiger partial charge on any atom is -0.475 e. The maximum atomic E-state index is 12.2. The largest absolute Gasteiger partial charge is 0.490 e. The summed E-state index contributed by atoms with van der Waals surface area (Å²) in [7, 11) is 0. The molecule has 1 N–H and O–H groups in total. The van der Waals surface area contributed by atoms with Gasteiger partial charge in [0.1, 0.15) is 6.61 Å². The van der Waals surface area contributed by atoms with Gasteiger partial charge in [-0.3, -0.25) is 14.7 Å². The second-order valence-corrected chi connectivity index (χ2v) is 10.4. The van der Waals surface area contributed by atoms with Crippen molar-refractivity contribution >= 4 is 22.8 Å². The molecule has 6 rings (SSSR count). The summed E-state index contributed by atoms with van der Waals surface area (Å²) in [6.45, 7) is 4.05. The lowest BCUT2D eigenvalue weighted by Gasteiger charge is -2.47. The highest BCUT2D eigenvalue weighted by Gasteiger charge is 2.46. The number of piperidine rings is 1. The molecule has 1 spiro atoms. The van der Waals surface area contributed by atoms with E-state index in [0.29, 0.717) is 6.04 Å². The van der Waals surface area contributed by atoms with Gasteiger partial charge in [0.2, 0.25) is 5.91 Å². The number of ether oxygens (including phenoxy) is 1. The van der Waals surface area contributed by atoms with E-state index in [-0.39, 0.29) is 18.1 Å². The fraction of sp³-hybridized carbons (Fsp3) is 0.414. The van der Waals surface area contributed by atoms with Gasteiger partial charge in [-0.05, 0) is 54.5 Å². The van der Waals surface area contributed by atoms with E-state index in [1.54, 1.807) is 0 Å². The van der Waals surface area contributed by atoms with Crippen molar-refractivity contribution < 1.29 is 32.6 Å². The maximum absolute atomic E-state index is 12.2. The highest BCUT2D eigenvalue weighted by molar-refractivity contribution is 5.84. The Hall–Kier alpha value is -3.50. The first-order valence-electron chi connectivity index (χ1n) is 13.0. The molecule has 2 aliphatic heterocycles. The van der Waals surface area contributed by atoms with E-state index in [1.165, 1.54) is 34.9 Å². The van der Waals surface area contributed by atoms with Crippen LogP contribution < -0.4 is 0 Å². The van der Waals surface area contributed by atoms with Crippen molar-refractivity contribution in [1.29, 1.82) is 0 Å². The summed E-state index contributed by atoms with van der Waals surface area (Å²) < 4.78 is 37.8. The van der Waals surface area contributed by atoms with Gasteiger partial charge in [0.15, 0.2) is 0 Å². The molecule has 3 aromatic rings. The average molecular weight is 542 g/mol. The third-order valence-electron chi connectivity index (χ3n) is 7.58. The summed E-state index contributed by atoms with van der Waals surface area (Å²) in [5.74, 6) is -2.57. The molecular weight excluding hydrogens is 511 g/mol. The number of rotatable bonds is 4. The molecule has 3 fully saturated rings. The Balaban J connectivity index is 0.000000392. The first-order valence-corrected chi connectivity index (χ1v) is 13.0. The van der Waals surface area contributed by atoms with Crippen LogP contribution in [-0.4, -0.2) is 75.8 Å². The molecule has 10 heteroatoms. The number of nitrogens with zero attached hydrogens (tertiary/aromatic N) is 3. The van der Waals surface area contributed by atoms with Crippen LogP contribution in [-0.2, 0) is 20.9 Å². The zero-order valence-corrected chi connectivity index (χ0v) is 21.4. The summed E-state index contributed by atoms with van der Waals surface area (Å²) in [6.07, 6.45) is 1.11. The lowest BCUT2D eigenvalue weighted by Crippen LogP contribution is -2.59. The molecule has 1 saturated carbocycles. The molecule has 7 nitrogen and oxygen atoms in total. The van der Waals surface area contributed by atoms with E-state index < -0.39 is 12.1 Å². The van der Waals surface area contributed by atoms with Gasteiger partial charge < -0.3 is 14.7 Å². The van der Waals surface area contributed by atoms with Gasteiger partial charge in [-0.1, -0.05) is 42.5 Å². The van der Waals surface area contributed by atoms with Gasteiger partial charge in [0, 0.05) is 37.3 Å². The quantitative estimate of drug-likeness (QED) is 0.507. The van der Waals surface area contributed by atoms with Crippen LogP contribution in [0.3, 0.4) is 0 Å². The Morgan fingerprint density at radius 1 is 1.05 bits per heavy atom. The number of hydrogen-bond acceptors (Lipinski definition) is 5. The molecule has 3 aliphatic rings. The monoisotopic (exact) mass is 541 g/mol. The maximum Gasteiger partial charge on any atom is 0.490 e. The Morgan fingerprint density at radius 2 is 1.72 bits per heavy atom. The van der Waals surface area contributed by atoms with Crippen LogP contribution in [0, 0.1) is 0 Å². The molecule has 206 valence electrons. The van der Waals surface area contributed by atoms with Crippen molar-refractivity contribution in [3.63, 3.8) is 0 Å². The predicted octanol–water partition coefficient (Wildman–Crippen LogP) is 4.89. The van der Waals surface area contributed by atoms with E-state index in [1.807, 2.05) is 12.3 Å². The van der Waals surface area contributed by atoms with Crippen molar-refractivity contribution in [2.45, 2.75) is 50.0 Å². The van der Waals surface area contributed by atoms with Crippen molar-refractivity contribution in [2.75, 3.05) is 26.2 Å². The first kappa shape index (κ1) is 27.1. The Kier molecular flexibility index (Phi) is 7.59. The SMILES string of the molecule is O=C(O)C(F)(F)F.O=C1COC2(CCN(Cc3ccc(-c4ccc5cccnc5c4)cc3)CC2)CN1C1CC1. The average Bonchev–Trinajstić information content (AvgIpc) is 3.77. The molecule has 39 heavy (non-hydrogen) atoms. The summed E-state index contributed by atoms with van der Waals surface area (Å²) in [6, 6.07) is 19.9. The minimum atomic E-state index is -5.08. The molecule has 0 bridgehead atoms. The summed E-state index contributed by atoms with van der Waals surface area (Å²) in [4.78, 5) is 30.2. The highest BCUT2D eigenvalue weighted by atomic mass is 19.4. The fourth-order valence-corrected chi connectivity index (χ4v) is 5.19. The van der Waals surface area contributed by atoms with Crippen LogP contribution in [0.25, 0.3) is 22.0 Å². The third-order valence-corrected chi connectivity index (χ3v) is 7.58. The third kappa shape index (κ3) is 6.57. The van der Waals surface area contributed by atoms with Crippen molar-refractivity contribution in [3.8, 4) is 11.1 Å². The smallest absolute Gasteiger partial charge is 0.475 e. The molecule has 1 aliphatic carbocycles. The summed E-state index contributed by atoms with van der Waals surface area (Å²) >= 11 is 0. The number of carboxylic acids is 1. The molecule has 0 radical (unpaired) electrons. The summed E-state index contributed by atoms with van der Waals surface area (Å²) in [5, 5.41) is 8.29. The van der Waals surface area contributed by atoms with Crippen LogP contribution >= 0.6 is 0 Å². The highest BCUT2D eigenvalue weighted by Crippen LogP contribution is 2.36. The first-order chi connectivity index (χ1) is 18.6. The van der Waals surface area contributed by atoms with Crippen molar-refractivity contribution in [3.05, 3.63) is 66.4 Å². The van der Waals surface area contributed by atoms with Crippen molar-refractivity contribution in [1.82, 2.24) is 14.8 Å². The molecule has 1 amide bonds. The van der Waals surface area contributed by atoms with Gasteiger partial charge in [0.25, 0.3) is 0 Å². The number of benzene rings is 2. The van der Waals surface area contributed by atoms with E-state index >= 15 is 0 Å². The number of alkyl halides is 3. The normalized spacial score (nSPS) is 19.6. The zero-order valence-electron chi connectivity index (χ0n) is 21.4. The number of hydrogen-bond donors (Lipinski definition) is 1. The zero-order chi connectivity index (χ0) is 27.6. The molecule has 3 heterocycles. The molecule has 0 unspecified atom stereocenters. The van der Waals surface area contributed by atoms with Crippen LogP contribution in [0.15, 0.2) is 60.8 Å². The minimum absolute atomic E-state index is 0.124. The van der Waals surface area contributed by atoms with Gasteiger partial charge in [-0.25, -0.2) is 4.79 Å². The summed E-state index contributed by atoms with van der Waals surface area (Å²) in [5.41, 5.74) is 4.67. The number of likely N-dealkylation sites (tertiary alicyclic amines) is 1. The number of aromatic nitrogens is 1. The molecule has 1 aromatic heterocycles. The predicted molar refractivity (Wildman–Crippen MR) is 139 cm³/mol. The van der Waals surface area contributed by atoms with Crippen LogP contribution in [0.1, 0.15) is 31.2 Å². The van der Waals surface area contributed by atoms with Gasteiger partial charge in [-0.15, -0.1) is 0 Å².